The Kier molecular flexibility index (Phi) is 6.00. The van der Waals surface area contributed by atoms with Gasteiger partial charge in [-0.15, -0.1) is 11.3 Å². The van der Waals surface area contributed by atoms with Gasteiger partial charge in [0.25, 0.3) is 5.91 Å². The SMILES string of the molecule is COc1cccc(N2CCN(C(=O)c3cc(-c4ccc(C)s4)nc4c3cnn4C(C)C)CC2)c1. The van der Waals surface area contributed by atoms with E-state index in [2.05, 4.69) is 49.0 Å². The summed E-state index contributed by atoms with van der Waals surface area (Å²) in [6.45, 7) is 9.10. The number of carbonyl (C=O) groups is 1. The Morgan fingerprint density at radius 3 is 2.56 bits per heavy atom. The summed E-state index contributed by atoms with van der Waals surface area (Å²) < 4.78 is 7.27. The monoisotopic (exact) mass is 475 g/mol. The second-order valence-corrected chi connectivity index (χ2v) is 10.2. The number of rotatable bonds is 5. The minimum Gasteiger partial charge on any atom is -0.497 e. The van der Waals surface area contributed by atoms with Gasteiger partial charge < -0.3 is 14.5 Å². The summed E-state index contributed by atoms with van der Waals surface area (Å²) in [5.41, 5.74) is 3.38. The van der Waals surface area contributed by atoms with E-state index in [4.69, 9.17) is 9.72 Å². The maximum Gasteiger partial charge on any atom is 0.254 e. The normalized spacial score (nSPS) is 14.3. The number of aryl methyl sites for hydroxylation is 1. The second-order valence-electron chi connectivity index (χ2n) is 8.87. The van der Waals surface area contributed by atoms with E-state index in [1.165, 1.54) is 4.88 Å². The molecule has 4 heterocycles. The molecule has 1 amide bonds. The summed E-state index contributed by atoms with van der Waals surface area (Å²) in [5.74, 6) is 0.879. The molecule has 7 nitrogen and oxygen atoms in total. The molecule has 1 fully saturated rings. The van der Waals surface area contributed by atoms with Crippen molar-refractivity contribution in [2.45, 2.75) is 26.8 Å². The summed E-state index contributed by atoms with van der Waals surface area (Å²) in [4.78, 5) is 25.2. The van der Waals surface area contributed by atoms with Crippen molar-refractivity contribution in [3.05, 3.63) is 59.1 Å². The van der Waals surface area contributed by atoms with E-state index in [1.54, 1.807) is 24.6 Å². The van der Waals surface area contributed by atoms with Crippen LogP contribution in [0.2, 0.25) is 0 Å². The number of ether oxygens (including phenoxy) is 1. The van der Waals surface area contributed by atoms with E-state index in [9.17, 15) is 4.79 Å². The Labute approximate surface area is 203 Å². The number of aromatic nitrogens is 3. The molecule has 0 spiro atoms. The smallest absolute Gasteiger partial charge is 0.254 e. The van der Waals surface area contributed by atoms with Crippen LogP contribution in [-0.2, 0) is 0 Å². The van der Waals surface area contributed by atoms with E-state index in [0.717, 1.165) is 46.1 Å². The molecule has 4 aromatic rings. The molecule has 0 saturated carbocycles. The fourth-order valence-electron chi connectivity index (χ4n) is 4.42. The first-order valence-electron chi connectivity index (χ1n) is 11.6. The number of anilines is 1. The topological polar surface area (TPSA) is 63.5 Å². The summed E-state index contributed by atoms with van der Waals surface area (Å²) >= 11 is 1.69. The maximum atomic E-state index is 13.8. The predicted molar refractivity (Wildman–Crippen MR) is 137 cm³/mol. The molecule has 0 bridgehead atoms. The van der Waals surface area contributed by atoms with Crippen molar-refractivity contribution < 1.29 is 9.53 Å². The maximum absolute atomic E-state index is 13.8. The number of piperazine rings is 1. The number of carbonyl (C=O) groups excluding carboxylic acids is 1. The Hall–Kier alpha value is -3.39. The minimum absolute atomic E-state index is 0.0375. The van der Waals surface area contributed by atoms with E-state index < -0.39 is 0 Å². The van der Waals surface area contributed by atoms with Crippen LogP contribution in [-0.4, -0.2) is 58.9 Å². The van der Waals surface area contributed by atoms with Gasteiger partial charge >= 0.3 is 0 Å². The molecule has 8 heteroatoms. The molecule has 1 saturated heterocycles. The number of benzene rings is 1. The summed E-state index contributed by atoms with van der Waals surface area (Å²) in [6, 6.07) is 14.3. The van der Waals surface area contributed by atoms with Crippen LogP contribution in [0.25, 0.3) is 21.6 Å². The van der Waals surface area contributed by atoms with Crippen LogP contribution in [0.1, 0.15) is 35.1 Å². The summed E-state index contributed by atoms with van der Waals surface area (Å²) in [7, 11) is 1.68. The molecule has 176 valence electrons. The molecule has 1 aromatic carbocycles. The highest BCUT2D eigenvalue weighted by atomic mass is 32.1. The predicted octanol–water partition coefficient (Wildman–Crippen LogP) is 5.02. The highest BCUT2D eigenvalue weighted by Gasteiger charge is 2.26. The zero-order valence-electron chi connectivity index (χ0n) is 20.0. The zero-order chi connectivity index (χ0) is 23.8. The van der Waals surface area contributed by atoms with Gasteiger partial charge in [0.15, 0.2) is 5.65 Å². The molecule has 0 radical (unpaired) electrons. The molecular formula is C26H29N5O2S. The molecule has 1 aliphatic heterocycles. The van der Waals surface area contributed by atoms with E-state index >= 15 is 0 Å². The van der Waals surface area contributed by atoms with E-state index in [0.29, 0.717) is 18.7 Å². The third-order valence-corrected chi connectivity index (χ3v) is 7.29. The number of hydrogen-bond donors (Lipinski definition) is 0. The summed E-state index contributed by atoms with van der Waals surface area (Å²) in [5, 5.41) is 5.37. The van der Waals surface area contributed by atoms with Gasteiger partial charge in [-0.05, 0) is 51.1 Å². The number of methoxy groups -OCH3 is 1. The van der Waals surface area contributed by atoms with Crippen LogP contribution in [0.5, 0.6) is 5.75 Å². The third kappa shape index (κ3) is 4.14. The van der Waals surface area contributed by atoms with Gasteiger partial charge in [0.05, 0.1) is 34.8 Å². The Morgan fingerprint density at radius 2 is 1.88 bits per heavy atom. The van der Waals surface area contributed by atoms with Crippen molar-refractivity contribution >= 4 is 34.0 Å². The van der Waals surface area contributed by atoms with Crippen molar-refractivity contribution in [2.24, 2.45) is 0 Å². The fraction of sp³-hybridized carbons (Fsp3) is 0.346. The molecule has 0 atom stereocenters. The van der Waals surface area contributed by atoms with Gasteiger partial charge in [0.2, 0.25) is 0 Å². The van der Waals surface area contributed by atoms with Crippen LogP contribution >= 0.6 is 11.3 Å². The van der Waals surface area contributed by atoms with Crippen LogP contribution < -0.4 is 9.64 Å². The average molecular weight is 476 g/mol. The molecular weight excluding hydrogens is 446 g/mol. The van der Waals surface area contributed by atoms with Crippen molar-refractivity contribution in [1.29, 1.82) is 0 Å². The van der Waals surface area contributed by atoms with Gasteiger partial charge in [0, 0.05) is 48.9 Å². The zero-order valence-corrected chi connectivity index (χ0v) is 20.8. The Bertz CT molecular complexity index is 1330. The Morgan fingerprint density at radius 1 is 1.09 bits per heavy atom. The molecule has 1 aliphatic rings. The highest BCUT2D eigenvalue weighted by Crippen LogP contribution is 2.31. The number of amides is 1. The average Bonchev–Trinajstić information content (AvgIpc) is 3.49. The van der Waals surface area contributed by atoms with Crippen molar-refractivity contribution in [1.82, 2.24) is 19.7 Å². The van der Waals surface area contributed by atoms with Gasteiger partial charge in [-0.2, -0.15) is 5.10 Å². The highest BCUT2D eigenvalue weighted by molar-refractivity contribution is 7.15. The largest absolute Gasteiger partial charge is 0.497 e. The molecule has 0 unspecified atom stereocenters. The number of hydrogen-bond acceptors (Lipinski definition) is 6. The van der Waals surface area contributed by atoms with Gasteiger partial charge in [-0.3, -0.25) is 4.79 Å². The van der Waals surface area contributed by atoms with Gasteiger partial charge in [0.1, 0.15) is 5.75 Å². The van der Waals surface area contributed by atoms with Crippen molar-refractivity contribution in [2.75, 3.05) is 38.2 Å². The summed E-state index contributed by atoms with van der Waals surface area (Å²) in [6.07, 6.45) is 1.78. The molecule has 3 aromatic heterocycles. The minimum atomic E-state index is 0.0375. The standard InChI is InChI=1S/C26H29N5O2S/c1-17(2)31-25-22(16-27-31)21(15-23(28-25)24-9-8-18(3)34-24)26(32)30-12-10-29(11-13-30)19-6-5-7-20(14-19)33-4/h5-9,14-17H,10-13H2,1-4H3. The van der Waals surface area contributed by atoms with Crippen LogP contribution in [0, 0.1) is 6.92 Å². The fourth-order valence-corrected chi connectivity index (χ4v) is 5.24. The van der Waals surface area contributed by atoms with Gasteiger partial charge in [-0.25, -0.2) is 9.67 Å². The lowest BCUT2D eigenvalue weighted by Gasteiger charge is -2.36. The Balaban J connectivity index is 1.45. The lowest BCUT2D eigenvalue weighted by atomic mass is 10.1. The third-order valence-electron chi connectivity index (χ3n) is 6.26. The molecule has 0 aliphatic carbocycles. The number of thiophene rings is 1. The van der Waals surface area contributed by atoms with Crippen molar-refractivity contribution in [3.63, 3.8) is 0 Å². The lowest BCUT2D eigenvalue weighted by molar-refractivity contribution is 0.0748. The van der Waals surface area contributed by atoms with Crippen LogP contribution in [0.3, 0.4) is 0 Å². The first kappa shape index (κ1) is 22.4. The van der Waals surface area contributed by atoms with Crippen molar-refractivity contribution in [3.8, 4) is 16.3 Å². The van der Waals surface area contributed by atoms with E-state index in [1.807, 2.05) is 33.8 Å². The van der Waals surface area contributed by atoms with E-state index in [-0.39, 0.29) is 11.9 Å². The first-order valence-corrected chi connectivity index (χ1v) is 12.4. The first-order chi connectivity index (χ1) is 16.4. The quantitative estimate of drug-likeness (QED) is 0.406. The molecule has 0 N–H and O–H groups in total. The second kappa shape index (κ2) is 9.10. The van der Waals surface area contributed by atoms with Crippen LogP contribution in [0.15, 0.2) is 48.7 Å². The molecule has 5 rings (SSSR count). The number of fused-ring (bicyclic) bond motifs is 1. The lowest BCUT2D eigenvalue weighted by Crippen LogP contribution is -2.48. The van der Waals surface area contributed by atoms with Gasteiger partial charge in [-0.1, -0.05) is 6.07 Å². The number of nitrogens with zero attached hydrogens (tertiary/aromatic N) is 5. The number of pyridine rings is 1. The molecule has 34 heavy (non-hydrogen) atoms. The van der Waals surface area contributed by atoms with Crippen LogP contribution in [0.4, 0.5) is 5.69 Å².